The standard InChI is InChI=1S/C20H17N3O4/c24-20(14-27-19-11-9-18(10-12-19)23(25)26)22-17-8-4-7-16(13-17)21-15-5-2-1-3-6-15/h1-13,21H,14H2,(H,22,24). The van der Waals surface area contributed by atoms with Gasteiger partial charge in [0.1, 0.15) is 5.75 Å². The van der Waals surface area contributed by atoms with Gasteiger partial charge in [0.05, 0.1) is 4.92 Å². The minimum atomic E-state index is -0.493. The van der Waals surface area contributed by atoms with Crippen LogP contribution in [0, 0.1) is 10.1 Å². The van der Waals surface area contributed by atoms with E-state index in [1.165, 1.54) is 24.3 Å². The summed E-state index contributed by atoms with van der Waals surface area (Å²) in [5, 5.41) is 16.6. The van der Waals surface area contributed by atoms with Gasteiger partial charge in [-0.1, -0.05) is 24.3 Å². The fourth-order valence-corrected chi connectivity index (χ4v) is 2.37. The molecule has 0 aliphatic carbocycles. The highest BCUT2D eigenvalue weighted by Gasteiger charge is 2.07. The van der Waals surface area contributed by atoms with Gasteiger partial charge in [-0.15, -0.1) is 0 Å². The summed E-state index contributed by atoms with van der Waals surface area (Å²) in [5.41, 5.74) is 2.39. The smallest absolute Gasteiger partial charge is 0.269 e. The predicted molar refractivity (Wildman–Crippen MR) is 103 cm³/mol. The number of anilines is 3. The van der Waals surface area contributed by atoms with E-state index in [1.807, 2.05) is 48.5 Å². The Kier molecular flexibility index (Phi) is 5.64. The minimum absolute atomic E-state index is 0.0328. The molecule has 27 heavy (non-hydrogen) atoms. The van der Waals surface area contributed by atoms with Gasteiger partial charge in [0, 0.05) is 29.2 Å². The molecular weight excluding hydrogens is 346 g/mol. The van der Waals surface area contributed by atoms with Crippen molar-refractivity contribution in [3.05, 3.63) is 89.0 Å². The summed E-state index contributed by atoms with van der Waals surface area (Å²) in [4.78, 5) is 22.2. The summed E-state index contributed by atoms with van der Waals surface area (Å²) in [6.07, 6.45) is 0. The van der Waals surface area contributed by atoms with Gasteiger partial charge in [-0.2, -0.15) is 0 Å². The largest absolute Gasteiger partial charge is 0.484 e. The summed E-state index contributed by atoms with van der Waals surface area (Å²) in [5.74, 6) is 0.0560. The third-order valence-corrected chi connectivity index (χ3v) is 3.63. The number of para-hydroxylation sites is 1. The molecule has 0 fully saturated rings. The van der Waals surface area contributed by atoms with E-state index in [0.29, 0.717) is 11.4 Å². The molecular formula is C20H17N3O4. The topological polar surface area (TPSA) is 93.5 Å². The zero-order chi connectivity index (χ0) is 19.1. The molecule has 0 aromatic heterocycles. The number of nitro groups is 1. The highest BCUT2D eigenvalue weighted by Crippen LogP contribution is 2.20. The lowest BCUT2D eigenvalue weighted by molar-refractivity contribution is -0.384. The highest BCUT2D eigenvalue weighted by molar-refractivity contribution is 5.92. The van der Waals surface area contributed by atoms with Crippen LogP contribution in [0.25, 0.3) is 0 Å². The Labute approximate surface area is 155 Å². The number of benzene rings is 3. The lowest BCUT2D eigenvalue weighted by Crippen LogP contribution is -2.20. The molecule has 7 heteroatoms. The van der Waals surface area contributed by atoms with Crippen molar-refractivity contribution in [3.63, 3.8) is 0 Å². The van der Waals surface area contributed by atoms with Crippen molar-refractivity contribution in [2.45, 2.75) is 0 Å². The van der Waals surface area contributed by atoms with Crippen molar-refractivity contribution < 1.29 is 14.5 Å². The summed E-state index contributed by atoms with van der Waals surface area (Å²) < 4.78 is 5.35. The van der Waals surface area contributed by atoms with Crippen molar-refractivity contribution in [3.8, 4) is 5.75 Å². The van der Waals surface area contributed by atoms with E-state index in [0.717, 1.165) is 11.4 Å². The molecule has 0 atom stereocenters. The number of non-ortho nitro benzene ring substituents is 1. The van der Waals surface area contributed by atoms with E-state index in [1.54, 1.807) is 6.07 Å². The number of nitrogens with one attached hydrogen (secondary N) is 2. The molecule has 0 aliphatic rings. The average Bonchev–Trinajstić information content (AvgIpc) is 2.68. The number of hydrogen-bond donors (Lipinski definition) is 2. The lowest BCUT2D eigenvalue weighted by Gasteiger charge is -2.10. The number of rotatable bonds is 7. The Morgan fingerprint density at radius 3 is 2.26 bits per heavy atom. The maximum Gasteiger partial charge on any atom is 0.269 e. The molecule has 0 saturated heterocycles. The second-order valence-corrected chi connectivity index (χ2v) is 5.66. The molecule has 136 valence electrons. The van der Waals surface area contributed by atoms with Crippen molar-refractivity contribution >= 4 is 28.7 Å². The number of hydrogen-bond acceptors (Lipinski definition) is 5. The van der Waals surface area contributed by atoms with Gasteiger partial charge in [0.2, 0.25) is 0 Å². The molecule has 3 aromatic carbocycles. The molecule has 0 bridgehead atoms. The maximum atomic E-state index is 12.1. The van der Waals surface area contributed by atoms with Gasteiger partial charge < -0.3 is 15.4 Å². The van der Waals surface area contributed by atoms with Crippen molar-refractivity contribution in [2.24, 2.45) is 0 Å². The molecule has 0 unspecified atom stereocenters. The van der Waals surface area contributed by atoms with Crippen LogP contribution in [0.4, 0.5) is 22.7 Å². The monoisotopic (exact) mass is 363 g/mol. The molecule has 0 spiro atoms. The molecule has 0 heterocycles. The van der Waals surface area contributed by atoms with Gasteiger partial charge in [0.15, 0.2) is 6.61 Å². The molecule has 0 saturated carbocycles. The van der Waals surface area contributed by atoms with Crippen LogP contribution in [0.3, 0.4) is 0 Å². The second-order valence-electron chi connectivity index (χ2n) is 5.66. The Balaban J connectivity index is 1.54. The third-order valence-electron chi connectivity index (χ3n) is 3.63. The highest BCUT2D eigenvalue weighted by atomic mass is 16.6. The summed E-state index contributed by atoms with van der Waals surface area (Å²) in [6, 6.07) is 22.6. The number of amides is 1. The Morgan fingerprint density at radius 2 is 1.56 bits per heavy atom. The second kappa shape index (κ2) is 8.48. The van der Waals surface area contributed by atoms with Gasteiger partial charge in [-0.05, 0) is 42.5 Å². The third kappa shape index (κ3) is 5.30. The van der Waals surface area contributed by atoms with E-state index in [-0.39, 0.29) is 18.2 Å². The van der Waals surface area contributed by atoms with Crippen LogP contribution in [-0.4, -0.2) is 17.4 Å². The van der Waals surface area contributed by atoms with Gasteiger partial charge in [0.25, 0.3) is 11.6 Å². The van der Waals surface area contributed by atoms with E-state index in [2.05, 4.69) is 10.6 Å². The normalized spacial score (nSPS) is 10.1. The van der Waals surface area contributed by atoms with E-state index in [4.69, 9.17) is 4.74 Å². The van der Waals surface area contributed by atoms with Crippen LogP contribution in [0.1, 0.15) is 0 Å². The van der Waals surface area contributed by atoms with Gasteiger partial charge >= 0.3 is 0 Å². The van der Waals surface area contributed by atoms with E-state index in [9.17, 15) is 14.9 Å². The first-order chi connectivity index (χ1) is 13.1. The van der Waals surface area contributed by atoms with Crippen LogP contribution in [-0.2, 0) is 4.79 Å². The first kappa shape index (κ1) is 17.9. The van der Waals surface area contributed by atoms with E-state index >= 15 is 0 Å². The average molecular weight is 363 g/mol. The molecule has 7 nitrogen and oxygen atoms in total. The number of carbonyl (C=O) groups excluding carboxylic acids is 1. The Hall–Kier alpha value is -3.87. The predicted octanol–water partition coefficient (Wildman–Crippen LogP) is 4.36. The zero-order valence-electron chi connectivity index (χ0n) is 14.3. The minimum Gasteiger partial charge on any atom is -0.484 e. The number of ether oxygens (including phenoxy) is 1. The molecule has 0 radical (unpaired) electrons. The van der Waals surface area contributed by atoms with Crippen molar-refractivity contribution in [1.82, 2.24) is 0 Å². The quantitative estimate of drug-likeness (QED) is 0.481. The first-order valence-corrected chi connectivity index (χ1v) is 8.19. The maximum absolute atomic E-state index is 12.1. The molecule has 2 N–H and O–H groups in total. The van der Waals surface area contributed by atoms with Crippen LogP contribution in [0.15, 0.2) is 78.9 Å². The molecule has 3 rings (SSSR count). The zero-order valence-corrected chi connectivity index (χ0v) is 14.3. The first-order valence-electron chi connectivity index (χ1n) is 8.19. The number of carbonyl (C=O) groups is 1. The van der Waals surface area contributed by atoms with Crippen LogP contribution >= 0.6 is 0 Å². The number of nitrogens with zero attached hydrogens (tertiary/aromatic N) is 1. The number of nitro benzene ring substituents is 1. The molecule has 0 aliphatic heterocycles. The lowest BCUT2D eigenvalue weighted by atomic mass is 10.2. The summed E-state index contributed by atoms with van der Waals surface area (Å²) >= 11 is 0. The van der Waals surface area contributed by atoms with Crippen LogP contribution in [0.5, 0.6) is 5.75 Å². The van der Waals surface area contributed by atoms with Gasteiger partial charge in [-0.25, -0.2) is 0 Å². The van der Waals surface area contributed by atoms with Crippen LogP contribution in [0.2, 0.25) is 0 Å². The summed E-state index contributed by atoms with van der Waals surface area (Å²) in [7, 11) is 0. The van der Waals surface area contributed by atoms with Crippen molar-refractivity contribution in [1.29, 1.82) is 0 Å². The van der Waals surface area contributed by atoms with Gasteiger partial charge in [-0.3, -0.25) is 14.9 Å². The fourth-order valence-electron chi connectivity index (χ4n) is 2.37. The van der Waals surface area contributed by atoms with E-state index < -0.39 is 4.92 Å². The molecule has 1 amide bonds. The Bertz CT molecular complexity index is 927. The SMILES string of the molecule is O=C(COc1ccc([N+](=O)[O-])cc1)Nc1cccc(Nc2ccccc2)c1. The fraction of sp³-hybridized carbons (Fsp3) is 0.0500. The molecule has 3 aromatic rings. The summed E-state index contributed by atoms with van der Waals surface area (Å²) in [6.45, 7) is -0.200. The van der Waals surface area contributed by atoms with Crippen molar-refractivity contribution in [2.75, 3.05) is 17.2 Å². The Morgan fingerprint density at radius 1 is 0.889 bits per heavy atom. The van der Waals surface area contributed by atoms with Crippen LogP contribution < -0.4 is 15.4 Å².